The summed E-state index contributed by atoms with van der Waals surface area (Å²) in [6.45, 7) is 2.67. The molecule has 0 aliphatic heterocycles. The van der Waals surface area contributed by atoms with E-state index in [9.17, 15) is 14.5 Å². The third-order valence-corrected chi connectivity index (χ3v) is 8.79. The first kappa shape index (κ1) is 24.4. The molecule has 2 aromatic rings. The Morgan fingerprint density at radius 2 is 2.26 bits per heavy atom. The van der Waals surface area contributed by atoms with Crippen molar-refractivity contribution in [2.24, 2.45) is 16.7 Å². The number of nitrogens with zero attached hydrogens (tertiary/aromatic N) is 3. The first-order valence-electron chi connectivity index (χ1n) is 11.7. The summed E-state index contributed by atoms with van der Waals surface area (Å²) in [6.07, 6.45) is 4.19. The second-order valence-electron chi connectivity index (χ2n) is 10.4. The number of ether oxygens (including phenoxy) is 1. The van der Waals surface area contributed by atoms with E-state index in [0.717, 1.165) is 32.0 Å². The van der Waals surface area contributed by atoms with Gasteiger partial charge in [-0.25, -0.2) is 4.98 Å². The van der Waals surface area contributed by atoms with Crippen molar-refractivity contribution in [3.63, 3.8) is 0 Å². The normalized spacial score (nSPS) is 36.8. The maximum atomic E-state index is 12.8. The van der Waals surface area contributed by atoms with Gasteiger partial charge in [0.15, 0.2) is 11.2 Å². The summed E-state index contributed by atoms with van der Waals surface area (Å²) in [5.41, 5.74) is 5.36. The van der Waals surface area contributed by atoms with Gasteiger partial charge in [-0.15, -0.1) is 0 Å². The number of aliphatic hydroxyl groups excluding tert-OH is 1. The Morgan fingerprint density at radius 1 is 1.46 bits per heavy atom. The lowest BCUT2D eigenvalue weighted by atomic mass is 9.90. The van der Waals surface area contributed by atoms with Crippen molar-refractivity contribution in [3.8, 4) is 0 Å². The predicted molar refractivity (Wildman–Crippen MR) is 128 cm³/mol. The van der Waals surface area contributed by atoms with E-state index in [1.54, 1.807) is 13.4 Å². The van der Waals surface area contributed by atoms with Crippen molar-refractivity contribution in [2.45, 2.75) is 56.9 Å². The number of hydrogen-bond donors (Lipinski definition) is 5. The summed E-state index contributed by atoms with van der Waals surface area (Å²) >= 11 is 0. The average Bonchev–Trinajstić information content (AvgIpc) is 3.07. The van der Waals surface area contributed by atoms with Crippen LogP contribution in [0.25, 0.3) is 11.2 Å². The highest BCUT2D eigenvalue weighted by molar-refractivity contribution is 7.33. The third-order valence-electron chi connectivity index (χ3n) is 7.96. The number of rotatable bonds is 10. The van der Waals surface area contributed by atoms with Gasteiger partial charge in [0.2, 0.25) is 5.95 Å². The van der Waals surface area contributed by atoms with Crippen molar-refractivity contribution < 1.29 is 23.5 Å². The number of nitrogens with one attached hydrogen (secondary N) is 3. The Balaban J connectivity index is 1.21. The molecule has 0 bridgehead atoms. The van der Waals surface area contributed by atoms with Crippen LogP contribution in [-0.4, -0.2) is 69.5 Å². The summed E-state index contributed by atoms with van der Waals surface area (Å²) in [6, 6.07) is -0.289. The standard InChI is InChI=1S/C21H32N7O6P/c1-20(4-3-11(5-20)28-10-25-14-17(28)26-19(23)27-18(14)30)7-33-35(31)34-16-15(29)13(24-9-22)12-6-21(12,16)8-32-2/h9-13,15-16,29,35H,3-8H2,1-2H3,(H2,22,24)(H3,23,26,27,30)/t11-,12+,13+,15-,16-,20?,21+/m0/s1. The number of nitrogen functional groups attached to an aromatic ring is 1. The van der Waals surface area contributed by atoms with Crippen molar-refractivity contribution in [3.05, 3.63) is 16.7 Å². The summed E-state index contributed by atoms with van der Waals surface area (Å²) in [4.78, 5) is 23.0. The van der Waals surface area contributed by atoms with E-state index in [2.05, 4.69) is 27.2 Å². The van der Waals surface area contributed by atoms with Crippen molar-refractivity contribution in [1.29, 1.82) is 5.41 Å². The van der Waals surface area contributed by atoms with Gasteiger partial charge < -0.3 is 34.5 Å². The van der Waals surface area contributed by atoms with Crippen LogP contribution in [0, 0.1) is 22.2 Å². The lowest BCUT2D eigenvalue weighted by molar-refractivity contribution is -0.0211. The number of H-pyrrole nitrogens is 1. The Kier molecular flexibility index (Phi) is 6.25. The van der Waals surface area contributed by atoms with E-state index >= 15 is 0 Å². The maximum absolute atomic E-state index is 12.8. The Morgan fingerprint density at radius 3 is 3.00 bits per heavy atom. The quantitative estimate of drug-likeness (QED) is 0.174. The molecule has 3 aliphatic rings. The molecule has 0 radical (unpaired) electrons. The van der Waals surface area contributed by atoms with Crippen LogP contribution < -0.4 is 16.6 Å². The molecule has 6 N–H and O–H groups in total. The van der Waals surface area contributed by atoms with Gasteiger partial charge in [-0.1, -0.05) is 6.92 Å². The van der Waals surface area contributed by atoms with Gasteiger partial charge in [0.05, 0.1) is 31.9 Å². The summed E-state index contributed by atoms with van der Waals surface area (Å²) in [5, 5.41) is 20.9. The molecule has 2 unspecified atom stereocenters. The van der Waals surface area contributed by atoms with E-state index in [-0.39, 0.29) is 47.0 Å². The number of fused-ring (bicyclic) bond motifs is 2. The van der Waals surface area contributed by atoms with Crippen LogP contribution in [0.3, 0.4) is 0 Å². The lowest BCUT2D eigenvalue weighted by Gasteiger charge is -2.28. The minimum absolute atomic E-state index is 0.0420. The highest BCUT2D eigenvalue weighted by atomic mass is 31.1. The zero-order valence-corrected chi connectivity index (χ0v) is 20.7. The van der Waals surface area contributed by atoms with Crippen LogP contribution in [0.2, 0.25) is 0 Å². The van der Waals surface area contributed by atoms with Crippen LogP contribution in [0.5, 0.6) is 0 Å². The molecule has 8 atom stereocenters. The largest absolute Gasteiger partial charge is 0.388 e. The molecule has 13 nitrogen and oxygen atoms in total. The third kappa shape index (κ3) is 4.19. The first-order valence-corrected chi connectivity index (χ1v) is 12.9. The second kappa shape index (κ2) is 8.97. The fourth-order valence-corrected chi connectivity index (χ4v) is 7.30. The van der Waals surface area contributed by atoms with Gasteiger partial charge in [-0.3, -0.25) is 19.8 Å². The highest BCUT2D eigenvalue weighted by Crippen LogP contribution is 2.65. The van der Waals surface area contributed by atoms with Crippen LogP contribution in [0.15, 0.2) is 11.1 Å². The zero-order chi connectivity index (χ0) is 25.0. The van der Waals surface area contributed by atoms with Crippen molar-refractivity contribution >= 4 is 31.7 Å². The molecule has 192 valence electrons. The molecule has 3 saturated carbocycles. The van der Waals surface area contributed by atoms with Crippen LogP contribution in [-0.2, 0) is 18.3 Å². The molecular formula is C21H32N7O6P. The van der Waals surface area contributed by atoms with Gasteiger partial charge in [-0.05, 0) is 37.0 Å². The summed E-state index contributed by atoms with van der Waals surface area (Å²) in [7, 11) is -1.30. The molecule has 0 amide bonds. The van der Waals surface area contributed by atoms with Gasteiger partial charge in [0, 0.05) is 18.6 Å². The van der Waals surface area contributed by atoms with E-state index < -0.39 is 25.9 Å². The molecule has 0 spiro atoms. The van der Waals surface area contributed by atoms with Crippen LogP contribution in [0.4, 0.5) is 5.95 Å². The Labute approximate surface area is 202 Å². The SMILES string of the molecule is COC[C@]12C[C@@H]1[C@@H](NC=N)[C@H](O)[C@@H]2O[PH](=O)OCC1(C)CC[C@H](n2cnc3c(=O)[nH]c(N)nc32)C1. The number of anilines is 1. The molecule has 2 aromatic heterocycles. The number of imidazole rings is 1. The molecule has 2 heterocycles. The fraction of sp³-hybridized carbons (Fsp3) is 0.714. The molecule has 0 saturated heterocycles. The van der Waals surface area contributed by atoms with E-state index in [1.807, 2.05) is 4.57 Å². The summed E-state index contributed by atoms with van der Waals surface area (Å²) < 4.78 is 31.6. The minimum Gasteiger partial charge on any atom is -0.388 e. The smallest absolute Gasteiger partial charge is 0.319 e. The maximum Gasteiger partial charge on any atom is 0.319 e. The molecule has 3 aliphatic carbocycles. The number of nitrogens with two attached hydrogens (primary N) is 1. The van der Waals surface area contributed by atoms with Gasteiger partial charge in [0.25, 0.3) is 5.56 Å². The van der Waals surface area contributed by atoms with Crippen LogP contribution >= 0.6 is 8.25 Å². The number of aromatic nitrogens is 4. The van der Waals surface area contributed by atoms with E-state index in [0.29, 0.717) is 12.3 Å². The monoisotopic (exact) mass is 509 g/mol. The number of methoxy groups -OCH3 is 1. The summed E-state index contributed by atoms with van der Waals surface area (Å²) in [5.74, 6) is 0.132. The molecule has 14 heteroatoms. The second-order valence-corrected chi connectivity index (χ2v) is 11.4. The van der Waals surface area contributed by atoms with Crippen molar-refractivity contribution in [1.82, 2.24) is 24.8 Å². The van der Waals surface area contributed by atoms with Gasteiger partial charge >= 0.3 is 8.25 Å². The number of hydrogen-bond acceptors (Lipinski definition) is 10. The Bertz CT molecular complexity index is 1200. The number of aliphatic hydroxyl groups is 1. The van der Waals surface area contributed by atoms with E-state index in [4.69, 9.17) is 24.9 Å². The molecule has 35 heavy (non-hydrogen) atoms. The predicted octanol–water partition coefficient (Wildman–Crippen LogP) is 0.817. The van der Waals surface area contributed by atoms with Gasteiger partial charge in [-0.2, -0.15) is 4.98 Å². The molecular weight excluding hydrogens is 477 g/mol. The van der Waals surface area contributed by atoms with Crippen LogP contribution in [0.1, 0.15) is 38.6 Å². The Hall–Kier alpha value is -2.31. The molecule has 5 rings (SSSR count). The minimum atomic E-state index is -2.89. The van der Waals surface area contributed by atoms with Crippen molar-refractivity contribution in [2.75, 3.05) is 26.1 Å². The number of aromatic amines is 1. The topological polar surface area (TPSA) is 190 Å². The molecule has 3 fully saturated rings. The lowest BCUT2D eigenvalue weighted by Crippen LogP contribution is -2.44. The van der Waals surface area contributed by atoms with E-state index in [1.165, 1.54) is 0 Å². The highest BCUT2D eigenvalue weighted by Gasteiger charge is 2.72. The molecule has 0 aromatic carbocycles. The first-order chi connectivity index (χ1) is 16.7. The fourth-order valence-electron chi connectivity index (χ4n) is 6.18. The average molecular weight is 510 g/mol. The van der Waals surface area contributed by atoms with Gasteiger partial charge in [0.1, 0.15) is 12.2 Å². The zero-order valence-electron chi connectivity index (χ0n) is 19.7.